The van der Waals surface area contributed by atoms with E-state index in [1.807, 2.05) is 0 Å². The first-order valence-electron chi connectivity index (χ1n) is 5.85. The van der Waals surface area contributed by atoms with Crippen LogP contribution in [0.2, 0.25) is 9.49 Å². The zero-order valence-corrected chi connectivity index (χ0v) is 13.6. The Bertz CT molecular complexity index is 661. The summed E-state index contributed by atoms with van der Waals surface area (Å²) in [5.74, 6) is -0.0711. The Labute approximate surface area is 135 Å². The molecule has 1 N–H and O–H groups in total. The molecule has 1 aromatic carbocycles. The molecule has 1 heterocycles. The van der Waals surface area contributed by atoms with Gasteiger partial charge in [0.2, 0.25) is 0 Å². The van der Waals surface area contributed by atoms with Gasteiger partial charge in [0, 0.05) is 11.1 Å². The number of esters is 1. The largest absolute Gasteiger partial charge is 0.495 e. The number of nitrogens with one attached hydrogen (secondary N) is 1. The van der Waals surface area contributed by atoms with Crippen molar-refractivity contribution in [2.45, 2.75) is 6.54 Å². The highest BCUT2D eigenvalue weighted by atomic mass is 35.5. The zero-order chi connectivity index (χ0) is 15.4. The lowest BCUT2D eigenvalue weighted by Gasteiger charge is -2.12. The average molecular weight is 347 g/mol. The van der Waals surface area contributed by atoms with E-state index in [1.165, 1.54) is 31.6 Å². The second-order valence-corrected chi connectivity index (χ2v) is 6.04. The third-order valence-electron chi connectivity index (χ3n) is 2.66. The van der Waals surface area contributed by atoms with Crippen molar-refractivity contribution in [1.29, 1.82) is 0 Å². The van der Waals surface area contributed by atoms with E-state index in [4.69, 9.17) is 32.7 Å². The van der Waals surface area contributed by atoms with Crippen LogP contribution >= 0.6 is 34.5 Å². The lowest BCUT2D eigenvalue weighted by atomic mass is 10.2. The topological polar surface area (TPSA) is 60.5 Å². The molecule has 0 aliphatic heterocycles. The van der Waals surface area contributed by atoms with Crippen LogP contribution in [0, 0.1) is 0 Å². The maximum atomic E-state index is 11.6. The van der Waals surface area contributed by atoms with Crippen LogP contribution in [0.3, 0.4) is 0 Å². The number of halogens is 2. The molecule has 0 spiro atoms. The molecule has 0 saturated carbocycles. The Kier molecular flexibility index (Phi) is 5.27. The van der Waals surface area contributed by atoms with Crippen LogP contribution in [0.5, 0.6) is 5.75 Å². The maximum Gasteiger partial charge on any atom is 0.338 e. The Hall–Kier alpha value is -1.50. The van der Waals surface area contributed by atoms with Crippen molar-refractivity contribution in [1.82, 2.24) is 4.98 Å². The van der Waals surface area contributed by atoms with Gasteiger partial charge in [-0.3, -0.25) is 0 Å². The molecule has 0 aliphatic rings. The van der Waals surface area contributed by atoms with Gasteiger partial charge in [-0.2, -0.15) is 0 Å². The van der Waals surface area contributed by atoms with Gasteiger partial charge in [-0.15, -0.1) is 11.3 Å². The monoisotopic (exact) mass is 346 g/mol. The number of rotatable bonds is 5. The number of nitrogens with zero attached hydrogens (tertiary/aromatic N) is 1. The van der Waals surface area contributed by atoms with E-state index in [0.29, 0.717) is 33.0 Å². The third kappa shape index (κ3) is 3.78. The van der Waals surface area contributed by atoms with Gasteiger partial charge in [0.15, 0.2) is 4.47 Å². The van der Waals surface area contributed by atoms with E-state index in [9.17, 15) is 4.79 Å². The zero-order valence-electron chi connectivity index (χ0n) is 11.3. The SMILES string of the molecule is COC(=O)c1cc(NCc2cnc(Cl)s2)c(Cl)c(OC)c1. The number of aromatic nitrogens is 1. The summed E-state index contributed by atoms with van der Waals surface area (Å²) < 4.78 is 10.3. The van der Waals surface area contributed by atoms with E-state index >= 15 is 0 Å². The number of thiazole rings is 1. The van der Waals surface area contributed by atoms with Crippen molar-refractivity contribution in [2.24, 2.45) is 0 Å². The van der Waals surface area contributed by atoms with Crippen molar-refractivity contribution in [3.8, 4) is 5.75 Å². The fourth-order valence-electron chi connectivity index (χ4n) is 1.66. The van der Waals surface area contributed by atoms with E-state index in [1.54, 1.807) is 12.3 Å². The summed E-state index contributed by atoms with van der Waals surface area (Å²) in [6, 6.07) is 3.14. The highest BCUT2D eigenvalue weighted by molar-refractivity contribution is 7.15. The molecule has 2 rings (SSSR count). The first-order chi connectivity index (χ1) is 10.0. The predicted octanol–water partition coefficient (Wildman–Crippen LogP) is 3.86. The number of carbonyl (C=O) groups excluding carboxylic acids is 1. The standard InChI is InChI=1S/C13H12Cl2N2O3S/c1-19-10-4-7(12(18)20-2)3-9(11(10)14)16-5-8-6-17-13(15)21-8/h3-4,6,16H,5H2,1-2H3. The molecule has 0 fully saturated rings. The molecule has 0 saturated heterocycles. The average Bonchev–Trinajstić information content (AvgIpc) is 2.91. The van der Waals surface area contributed by atoms with Crippen LogP contribution in [0.25, 0.3) is 0 Å². The second kappa shape index (κ2) is 6.98. The number of ether oxygens (including phenoxy) is 2. The lowest BCUT2D eigenvalue weighted by molar-refractivity contribution is 0.0600. The summed E-state index contributed by atoms with van der Waals surface area (Å²) in [5, 5.41) is 3.52. The van der Waals surface area contributed by atoms with Crippen molar-refractivity contribution in [3.05, 3.63) is 38.3 Å². The van der Waals surface area contributed by atoms with Crippen LogP contribution in [-0.4, -0.2) is 25.2 Å². The normalized spacial score (nSPS) is 10.3. The van der Waals surface area contributed by atoms with Gasteiger partial charge in [0.1, 0.15) is 10.8 Å². The number of carbonyl (C=O) groups is 1. The Morgan fingerprint density at radius 2 is 2.14 bits per heavy atom. The molecule has 1 aromatic heterocycles. The van der Waals surface area contributed by atoms with Gasteiger partial charge >= 0.3 is 5.97 Å². The maximum absolute atomic E-state index is 11.6. The minimum absolute atomic E-state index is 0.351. The molecule has 112 valence electrons. The predicted molar refractivity (Wildman–Crippen MR) is 83.8 cm³/mol. The van der Waals surface area contributed by atoms with E-state index in [-0.39, 0.29) is 0 Å². The fraction of sp³-hybridized carbons (Fsp3) is 0.231. The van der Waals surface area contributed by atoms with Gasteiger partial charge < -0.3 is 14.8 Å². The van der Waals surface area contributed by atoms with Crippen molar-refractivity contribution < 1.29 is 14.3 Å². The molecule has 5 nitrogen and oxygen atoms in total. The molecule has 0 unspecified atom stereocenters. The number of hydrogen-bond acceptors (Lipinski definition) is 6. The number of methoxy groups -OCH3 is 2. The van der Waals surface area contributed by atoms with Gasteiger partial charge in [-0.1, -0.05) is 23.2 Å². The Morgan fingerprint density at radius 3 is 2.71 bits per heavy atom. The first kappa shape index (κ1) is 15.9. The number of hydrogen-bond donors (Lipinski definition) is 1. The molecule has 21 heavy (non-hydrogen) atoms. The Morgan fingerprint density at radius 1 is 1.38 bits per heavy atom. The summed E-state index contributed by atoms with van der Waals surface area (Å²) in [6.45, 7) is 0.484. The molecule has 0 bridgehead atoms. The summed E-state index contributed by atoms with van der Waals surface area (Å²) in [4.78, 5) is 16.5. The van der Waals surface area contributed by atoms with Crippen LogP contribution in [0.15, 0.2) is 18.3 Å². The smallest absolute Gasteiger partial charge is 0.338 e. The summed E-state index contributed by atoms with van der Waals surface area (Å²) in [6.07, 6.45) is 1.68. The third-order valence-corrected chi connectivity index (χ3v) is 4.16. The molecule has 0 atom stereocenters. The quantitative estimate of drug-likeness (QED) is 0.833. The van der Waals surface area contributed by atoms with Crippen molar-refractivity contribution in [2.75, 3.05) is 19.5 Å². The summed E-state index contributed by atoms with van der Waals surface area (Å²) in [7, 11) is 2.80. The van der Waals surface area contributed by atoms with Gasteiger partial charge in [-0.05, 0) is 12.1 Å². The van der Waals surface area contributed by atoms with Gasteiger partial charge in [0.05, 0.1) is 32.0 Å². The summed E-state index contributed by atoms with van der Waals surface area (Å²) in [5.41, 5.74) is 0.921. The van der Waals surface area contributed by atoms with E-state index < -0.39 is 5.97 Å². The van der Waals surface area contributed by atoms with E-state index in [0.717, 1.165) is 4.88 Å². The van der Waals surface area contributed by atoms with E-state index in [2.05, 4.69) is 10.3 Å². The molecular formula is C13H12Cl2N2O3S. The highest BCUT2D eigenvalue weighted by Crippen LogP contribution is 2.34. The van der Waals surface area contributed by atoms with Crippen LogP contribution < -0.4 is 10.1 Å². The van der Waals surface area contributed by atoms with Gasteiger partial charge in [0.25, 0.3) is 0 Å². The summed E-state index contributed by atoms with van der Waals surface area (Å²) >= 11 is 13.4. The molecule has 8 heteroatoms. The van der Waals surface area contributed by atoms with Crippen LogP contribution in [-0.2, 0) is 11.3 Å². The Balaban J connectivity index is 2.26. The lowest BCUT2D eigenvalue weighted by Crippen LogP contribution is -2.05. The number of benzene rings is 1. The van der Waals surface area contributed by atoms with Crippen LogP contribution in [0.1, 0.15) is 15.2 Å². The molecule has 2 aromatic rings. The second-order valence-electron chi connectivity index (χ2n) is 3.96. The highest BCUT2D eigenvalue weighted by Gasteiger charge is 2.15. The number of anilines is 1. The fourth-order valence-corrected chi connectivity index (χ4v) is 2.83. The molecule has 0 aliphatic carbocycles. The van der Waals surface area contributed by atoms with Gasteiger partial charge in [-0.25, -0.2) is 9.78 Å². The first-order valence-corrected chi connectivity index (χ1v) is 7.42. The molecule has 0 radical (unpaired) electrons. The van der Waals surface area contributed by atoms with Crippen LogP contribution in [0.4, 0.5) is 5.69 Å². The molecule has 0 amide bonds. The molecular weight excluding hydrogens is 335 g/mol. The minimum atomic E-state index is -0.464. The minimum Gasteiger partial charge on any atom is -0.495 e. The van der Waals surface area contributed by atoms with Crippen molar-refractivity contribution in [3.63, 3.8) is 0 Å². The van der Waals surface area contributed by atoms with Crippen molar-refractivity contribution >= 4 is 46.2 Å².